The van der Waals surface area contributed by atoms with E-state index in [0.29, 0.717) is 23.6 Å². The molecule has 0 radical (unpaired) electrons. The average Bonchev–Trinajstić information content (AvgIpc) is 3.16. The Morgan fingerprint density at radius 3 is 2.33 bits per heavy atom. The quantitative estimate of drug-likeness (QED) is 0.298. The average molecular weight is 544 g/mol. The van der Waals surface area contributed by atoms with Gasteiger partial charge in [0.05, 0.1) is 4.91 Å². The standard InChI is InChI=1S/C31H33N3O4S/c1-5-33(6-2)26-13-12-24(27(18-26)38-20-23-10-8-7-9-11-23)17-28-30(36)34(31(37)39-28)19-29(35)32-25-15-21(3)14-22(4)16-25/h7-18H,5-6,19-20H2,1-4H3,(H,32,35)/b28-17+. The van der Waals surface area contributed by atoms with Gasteiger partial charge in [0.25, 0.3) is 11.1 Å². The van der Waals surface area contributed by atoms with Crippen LogP contribution in [0.3, 0.4) is 0 Å². The zero-order valence-corrected chi connectivity index (χ0v) is 23.5. The summed E-state index contributed by atoms with van der Waals surface area (Å²) in [4.78, 5) is 42.0. The van der Waals surface area contributed by atoms with Crippen molar-refractivity contribution in [2.45, 2.75) is 34.3 Å². The Balaban J connectivity index is 1.54. The van der Waals surface area contributed by atoms with Crippen LogP contribution in [0.1, 0.15) is 36.1 Å². The topological polar surface area (TPSA) is 79.0 Å². The summed E-state index contributed by atoms with van der Waals surface area (Å²) in [5.41, 5.74) is 5.37. The lowest BCUT2D eigenvalue weighted by molar-refractivity contribution is -0.127. The van der Waals surface area contributed by atoms with E-state index in [1.54, 1.807) is 6.08 Å². The Labute approximate surface area is 233 Å². The highest BCUT2D eigenvalue weighted by Gasteiger charge is 2.36. The van der Waals surface area contributed by atoms with Gasteiger partial charge in [-0.2, -0.15) is 0 Å². The van der Waals surface area contributed by atoms with Gasteiger partial charge in [-0.15, -0.1) is 0 Å². The molecule has 1 heterocycles. The van der Waals surface area contributed by atoms with Crippen LogP contribution >= 0.6 is 11.8 Å². The fourth-order valence-electron chi connectivity index (χ4n) is 4.46. The van der Waals surface area contributed by atoms with Crippen LogP contribution in [0.25, 0.3) is 6.08 Å². The highest BCUT2D eigenvalue weighted by Crippen LogP contribution is 2.35. The zero-order valence-electron chi connectivity index (χ0n) is 22.7. The second-order valence-electron chi connectivity index (χ2n) is 9.36. The molecular formula is C31H33N3O4S. The van der Waals surface area contributed by atoms with E-state index in [1.807, 2.05) is 80.6 Å². The third-order valence-corrected chi connectivity index (χ3v) is 7.24. The van der Waals surface area contributed by atoms with E-state index in [2.05, 4.69) is 24.1 Å². The van der Waals surface area contributed by atoms with Gasteiger partial charge in [-0.25, -0.2) is 0 Å². The molecule has 8 heteroatoms. The maximum atomic E-state index is 13.2. The van der Waals surface area contributed by atoms with Crippen molar-refractivity contribution in [1.82, 2.24) is 4.90 Å². The summed E-state index contributed by atoms with van der Waals surface area (Å²) in [5, 5.41) is 2.31. The minimum absolute atomic E-state index is 0.249. The molecule has 7 nitrogen and oxygen atoms in total. The first-order valence-electron chi connectivity index (χ1n) is 13.0. The lowest BCUT2D eigenvalue weighted by Crippen LogP contribution is -2.36. The number of rotatable bonds is 10. The number of nitrogens with one attached hydrogen (secondary N) is 1. The Hall–Kier alpha value is -4.04. The normalized spacial score (nSPS) is 14.2. The zero-order chi connectivity index (χ0) is 27.9. The van der Waals surface area contributed by atoms with Gasteiger partial charge in [-0.3, -0.25) is 19.3 Å². The first-order valence-corrected chi connectivity index (χ1v) is 13.8. The van der Waals surface area contributed by atoms with E-state index >= 15 is 0 Å². The summed E-state index contributed by atoms with van der Waals surface area (Å²) < 4.78 is 6.20. The number of carbonyl (C=O) groups is 3. The Morgan fingerprint density at radius 1 is 0.974 bits per heavy atom. The van der Waals surface area contributed by atoms with Crippen molar-refractivity contribution in [3.05, 3.63) is 93.9 Å². The molecule has 1 saturated heterocycles. The molecule has 0 aliphatic carbocycles. The number of anilines is 2. The number of ether oxygens (including phenoxy) is 1. The van der Waals surface area contributed by atoms with Crippen LogP contribution in [-0.2, 0) is 16.2 Å². The predicted molar refractivity (Wildman–Crippen MR) is 158 cm³/mol. The van der Waals surface area contributed by atoms with E-state index in [4.69, 9.17) is 4.74 Å². The van der Waals surface area contributed by atoms with Crippen LogP contribution in [0.15, 0.2) is 71.6 Å². The second-order valence-corrected chi connectivity index (χ2v) is 10.4. The van der Waals surface area contributed by atoms with Crippen molar-refractivity contribution in [2.75, 3.05) is 29.9 Å². The lowest BCUT2D eigenvalue weighted by Gasteiger charge is -2.22. The number of thioether (sulfide) groups is 1. The number of carbonyl (C=O) groups excluding carboxylic acids is 3. The first-order chi connectivity index (χ1) is 18.8. The number of benzene rings is 3. The fourth-order valence-corrected chi connectivity index (χ4v) is 5.29. The van der Waals surface area contributed by atoms with Gasteiger partial charge < -0.3 is 15.0 Å². The molecule has 0 atom stereocenters. The molecule has 4 rings (SSSR count). The lowest BCUT2D eigenvalue weighted by atomic mass is 10.1. The smallest absolute Gasteiger partial charge is 0.294 e. The molecule has 1 aliphatic rings. The number of nitrogens with zero attached hydrogens (tertiary/aromatic N) is 2. The first kappa shape index (κ1) is 28.0. The van der Waals surface area contributed by atoms with Crippen molar-refractivity contribution in [2.24, 2.45) is 0 Å². The summed E-state index contributed by atoms with van der Waals surface area (Å²) in [5.74, 6) is -0.316. The van der Waals surface area contributed by atoms with Gasteiger partial charge in [-0.05, 0) is 86.5 Å². The third-order valence-electron chi connectivity index (χ3n) is 6.33. The molecule has 0 saturated carbocycles. The van der Waals surface area contributed by atoms with E-state index in [9.17, 15) is 14.4 Å². The minimum atomic E-state index is -0.498. The van der Waals surface area contributed by atoms with Crippen molar-refractivity contribution >= 4 is 46.3 Å². The van der Waals surface area contributed by atoms with Gasteiger partial charge in [0.1, 0.15) is 18.9 Å². The minimum Gasteiger partial charge on any atom is -0.488 e. The molecule has 0 bridgehead atoms. The molecule has 202 valence electrons. The van der Waals surface area contributed by atoms with Crippen LogP contribution < -0.4 is 15.0 Å². The summed E-state index contributed by atoms with van der Waals surface area (Å²) in [6.07, 6.45) is 1.67. The monoisotopic (exact) mass is 543 g/mol. The van der Waals surface area contributed by atoms with Gasteiger partial charge >= 0.3 is 0 Å². The van der Waals surface area contributed by atoms with Crippen LogP contribution in [-0.4, -0.2) is 41.6 Å². The van der Waals surface area contributed by atoms with Gasteiger partial charge in [-0.1, -0.05) is 36.4 Å². The number of aryl methyl sites for hydroxylation is 2. The Kier molecular flexibility index (Phi) is 9.09. The molecule has 0 aromatic heterocycles. The van der Waals surface area contributed by atoms with Crippen LogP contribution in [0.4, 0.5) is 16.2 Å². The molecule has 3 amide bonds. The van der Waals surface area contributed by atoms with Crippen molar-refractivity contribution in [3.8, 4) is 5.75 Å². The molecule has 0 unspecified atom stereocenters. The van der Waals surface area contributed by atoms with Gasteiger partial charge in [0.15, 0.2) is 0 Å². The van der Waals surface area contributed by atoms with Crippen molar-refractivity contribution < 1.29 is 19.1 Å². The molecule has 1 aliphatic heterocycles. The Morgan fingerprint density at radius 2 is 1.67 bits per heavy atom. The summed E-state index contributed by atoms with van der Waals surface area (Å²) in [7, 11) is 0. The highest BCUT2D eigenvalue weighted by molar-refractivity contribution is 8.18. The van der Waals surface area contributed by atoms with Crippen LogP contribution in [0, 0.1) is 13.8 Å². The molecule has 1 N–H and O–H groups in total. The molecule has 1 fully saturated rings. The van der Waals surface area contributed by atoms with Crippen LogP contribution in [0.2, 0.25) is 0 Å². The highest BCUT2D eigenvalue weighted by atomic mass is 32.2. The molecule has 3 aromatic carbocycles. The summed E-state index contributed by atoms with van der Waals surface area (Å²) in [6.45, 7) is 9.76. The molecular weight excluding hydrogens is 510 g/mol. The van der Waals surface area contributed by atoms with E-state index < -0.39 is 17.1 Å². The number of amides is 3. The largest absolute Gasteiger partial charge is 0.488 e. The summed E-state index contributed by atoms with van der Waals surface area (Å²) in [6, 6.07) is 21.4. The van der Waals surface area contributed by atoms with Crippen molar-refractivity contribution in [3.63, 3.8) is 0 Å². The molecule has 0 spiro atoms. The molecule has 39 heavy (non-hydrogen) atoms. The predicted octanol–water partition coefficient (Wildman–Crippen LogP) is 6.40. The molecule has 3 aromatic rings. The van der Waals surface area contributed by atoms with E-state index in [-0.39, 0.29) is 11.4 Å². The van der Waals surface area contributed by atoms with Crippen LogP contribution in [0.5, 0.6) is 5.75 Å². The van der Waals surface area contributed by atoms with E-state index in [1.165, 1.54) is 0 Å². The number of hydrogen-bond acceptors (Lipinski definition) is 6. The second kappa shape index (κ2) is 12.7. The Bertz CT molecular complexity index is 1380. The van der Waals surface area contributed by atoms with Crippen molar-refractivity contribution in [1.29, 1.82) is 0 Å². The SMILES string of the molecule is CCN(CC)c1ccc(/C=C2/SC(=O)N(CC(=O)Nc3cc(C)cc(C)c3)C2=O)c(OCc2ccccc2)c1. The van der Waals surface area contributed by atoms with Gasteiger partial charge in [0.2, 0.25) is 5.91 Å². The number of imide groups is 1. The maximum Gasteiger partial charge on any atom is 0.294 e. The maximum absolute atomic E-state index is 13.2. The van der Waals surface area contributed by atoms with E-state index in [0.717, 1.165) is 52.1 Å². The number of hydrogen-bond donors (Lipinski definition) is 1. The fraction of sp³-hybridized carbons (Fsp3) is 0.258. The third kappa shape index (κ3) is 7.09. The van der Waals surface area contributed by atoms with Gasteiger partial charge in [0, 0.05) is 36.1 Å². The summed E-state index contributed by atoms with van der Waals surface area (Å²) >= 11 is 0.825.